The van der Waals surface area contributed by atoms with Crippen molar-refractivity contribution in [2.75, 3.05) is 5.32 Å². The molecule has 0 radical (unpaired) electrons. The van der Waals surface area contributed by atoms with Crippen LogP contribution in [0.4, 0.5) is 5.82 Å². The molecule has 0 aliphatic rings. The van der Waals surface area contributed by atoms with Gasteiger partial charge in [0.25, 0.3) is 0 Å². The zero-order valence-electron chi connectivity index (χ0n) is 13.6. The summed E-state index contributed by atoms with van der Waals surface area (Å²) in [5.41, 5.74) is 0.759. The predicted molar refractivity (Wildman–Crippen MR) is 90.3 cm³/mol. The van der Waals surface area contributed by atoms with Gasteiger partial charge in [-0.15, -0.1) is 5.10 Å². The minimum absolute atomic E-state index is 0.0499. The van der Waals surface area contributed by atoms with E-state index in [1.807, 2.05) is 30.3 Å². The first-order valence-corrected chi connectivity index (χ1v) is 8.87. The van der Waals surface area contributed by atoms with Gasteiger partial charge in [-0.25, -0.2) is 0 Å². The standard InChI is InChI=1S/C15H16N6O3S/c1-10-8-13(18-24-10)16-15(22)11(2)25(23)9-14-17-19-20-21(14)12-6-4-3-5-7-12/h3-8,11H,9H2,1-2H3,(H,16,18,22)/t11-,25-/m1/s1. The van der Waals surface area contributed by atoms with E-state index in [-0.39, 0.29) is 5.75 Å². The van der Waals surface area contributed by atoms with Gasteiger partial charge < -0.3 is 9.84 Å². The Kier molecular flexibility index (Phi) is 4.98. The summed E-state index contributed by atoms with van der Waals surface area (Å²) in [6.07, 6.45) is 0. The molecule has 0 spiro atoms. The van der Waals surface area contributed by atoms with Gasteiger partial charge in [0.05, 0.1) is 11.4 Å². The van der Waals surface area contributed by atoms with Crippen LogP contribution in [0.15, 0.2) is 40.9 Å². The van der Waals surface area contributed by atoms with Crippen LogP contribution in [0.2, 0.25) is 0 Å². The van der Waals surface area contributed by atoms with Crippen molar-refractivity contribution < 1.29 is 13.5 Å². The molecule has 25 heavy (non-hydrogen) atoms. The highest BCUT2D eigenvalue weighted by molar-refractivity contribution is 7.85. The molecule has 1 amide bonds. The second kappa shape index (κ2) is 7.34. The third-order valence-corrected chi connectivity index (χ3v) is 4.99. The number of nitrogens with zero attached hydrogens (tertiary/aromatic N) is 5. The molecule has 3 aromatic rings. The maximum atomic E-state index is 12.5. The van der Waals surface area contributed by atoms with E-state index >= 15 is 0 Å². The fourth-order valence-corrected chi connectivity index (χ4v) is 3.07. The Morgan fingerprint density at radius 2 is 2.12 bits per heavy atom. The molecule has 0 saturated carbocycles. The van der Waals surface area contributed by atoms with Gasteiger partial charge in [-0.3, -0.25) is 9.00 Å². The summed E-state index contributed by atoms with van der Waals surface area (Å²) in [6.45, 7) is 3.29. The van der Waals surface area contributed by atoms with Crippen LogP contribution in [0.1, 0.15) is 18.5 Å². The Morgan fingerprint density at radius 3 is 2.80 bits per heavy atom. The third kappa shape index (κ3) is 3.97. The van der Waals surface area contributed by atoms with Crippen LogP contribution < -0.4 is 5.32 Å². The zero-order valence-corrected chi connectivity index (χ0v) is 14.4. The van der Waals surface area contributed by atoms with Gasteiger partial charge in [0.15, 0.2) is 11.6 Å². The smallest absolute Gasteiger partial charge is 0.241 e. The fraction of sp³-hybridized carbons (Fsp3) is 0.267. The Balaban J connectivity index is 1.68. The van der Waals surface area contributed by atoms with Gasteiger partial charge in [-0.1, -0.05) is 23.4 Å². The molecule has 3 rings (SSSR count). The van der Waals surface area contributed by atoms with Gasteiger partial charge in [0.1, 0.15) is 11.0 Å². The number of tetrazole rings is 1. The average molecular weight is 360 g/mol. The minimum atomic E-state index is -1.51. The lowest BCUT2D eigenvalue weighted by Crippen LogP contribution is -2.30. The number of aromatic nitrogens is 5. The number of amides is 1. The fourth-order valence-electron chi connectivity index (χ4n) is 2.09. The summed E-state index contributed by atoms with van der Waals surface area (Å²) >= 11 is 0. The highest BCUT2D eigenvalue weighted by Gasteiger charge is 2.23. The lowest BCUT2D eigenvalue weighted by Gasteiger charge is -2.10. The quantitative estimate of drug-likeness (QED) is 0.703. The number of nitrogens with one attached hydrogen (secondary N) is 1. The number of para-hydroxylation sites is 1. The molecule has 2 aromatic heterocycles. The lowest BCUT2D eigenvalue weighted by atomic mass is 10.3. The maximum Gasteiger partial charge on any atom is 0.241 e. The summed E-state index contributed by atoms with van der Waals surface area (Å²) in [7, 11) is -1.51. The van der Waals surface area contributed by atoms with E-state index in [1.165, 1.54) is 4.68 Å². The molecule has 0 saturated heterocycles. The number of rotatable bonds is 6. The first-order chi connectivity index (χ1) is 12.0. The first-order valence-electron chi connectivity index (χ1n) is 7.48. The van der Waals surface area contributed by atoms with Crippen LogP contribution in [0, 0.1) is 6.92 Å². The van der Waals surface area contributed by atoms with E-state index in [1.54, 1.807) is 19.9 Å². The number of aryl methyl sites for hydroxylation is 1. The molecular weight excluding hydrogens is 344 g/mol. The van der Waals surface area contributed by atoms with Crippen molar-refractivity contribution in [2.45, 2.75) is 24.9 Å². The number of carbonyl (C=O) groups excluding carboxylic acids is 1. The van der Waals surface area contributed by atoms with E-state index < -0.39 is 22.0 Å². The van der Waals surface area contributed by atoms with E-state index in [2.05, 4.69) is 26.0 Å². The molecule has 1 N–H and O–H groups in total. The molecule has 0 bridgehead atoms. The third-order valence-electron chi connectivity index (χ3n) is 3.45. The van der Waals surface area contributed by atoms with E-state index in [0.29, 0.717) is 17.4 Å². The molecule has 0 aliphatic carbocycles. The summed E-state index contributed by atoms with van der Waals surface area (Å²) in [5.74, 6) is 0.923. The molecule has 10 heteroatoms. The largest absolute Gasteiger partial charge is 0.360 e. The first kappa shape index (κ1) is 17.0. The number of carbonyl (C=O) groups is 1. The van der Waals surface area contributed by atoms with Gasteiger partial charge in [0, 0.05) is 16.9 Å². The molecule has 2 atom stereocenters. The molecule has 0 unspecified atom stereocenters. The molecular formula is C15H16N6O3S. The number of benzene rings is 1. The maximum absolute atomic E-state index is 12.5. The number of hydrogen-bond acceptors (Lipinski definition) is 7. The minimum Gasteiger partial charge on any atom is -0.360 e. The molecule has 0 fully saturated rings. The second-order valence-corrected chi connectivity index (χ2v) is 7.08. The second-order valence-electron chi connectivity index (χ2n) is 5.32. The van der Waals surface area contributed by atoms with Crippen LogP contribution in [-0.2, 0) is 21.3 Å². The van der Waals surface area contributed by atoms with Gasteiger partial charge in [-0.05, 0) is 36.4 Å². The molecule has 1 aromatic carbocycles. The summed E-state index contributed by atoms with van der Waals surface area (Å²) < 4.78 is 18.9. The SMILES string of the molecule is Cc1cc(NC(=O)[C@@H](C)[S@](=O)Cc2nnnn2-c2ccccc2)no1. The topological polar surface area (TPSA) is 116 Å². The lowest BCUT2D eigenvalue weighted by molar-refractivity contribution is -0.115. The van der Waals surface area contributed by atoms with E-state index in [4.69, 9.17) is 4.52 Å². The highest BCUT2D eigenvalue weighted by atomic mass is 32.2. The van der Waals surface area contributed by atoms with Gasteiger partial charge in [-0.2, -0.15) is 4.68 Å². The van der Waals surface area contributed by atoms with Crippen molar-refractivity contribution in [3.63, 3.8) is 0 Å². The molecule has 9 nitrogen and oxygen atoms in total. The van der Waals surface area contributed by atoms with Crippen molar-refractivity contribution in [3.05, 3.63) is 48.0 Å². The van der Waals surface area contributed by atoms with Crippen molar-refractivity contribution in [3.8, 4) is 5.69 Å². The van der Waals surface area contributed by atoms with Gasteiger partial charge in [0.2, 0.25) is 5.91 Å². The Bertz CT molecular complexity index is 892. The van der Waals surface area contributed by atoms with Crippen LogP contribution in [0.3, 0.4) is 0 Å². The van der Waals surface area contributed by atoms with E-state index in [0.717, 1.165) is 5.69 Å². The van der Waals surface area contributed by atoms with Crippen LogP contribution in [-0.4, -0.2) is 40.7 Å². The number of anilines is 1. The van der Waals surface area contributed by atoms with Gasteiger partial charge >= 0.3 is 0 Å². The van der Waals surface area contributed by atoms with Crippen molar-refractivity contribution in [2.24, 2.45) is 0 Å². The van der Waals surface area contributed by atoms with Crippen LogP contribution in [0.5, 0.6) is 0 Å². The Hall–Kier alpha value is -2.88. The Morgan fingerprint density at radius 1 is 1.36 bits per heavy atom. The average Bonchev–Trinajstić information content (AvgIpc) is 3.23. The summed E-state index contributed by atoms with van der Waals surface area (Å²) in [6, 6.07) is 10.9. The Labute approximate surface area is 145 Å². The molecule has 2 heterocycles. The molecule has 130 valence electrons. The van der Waals surface area contributed by atoms with Crippen molar-refractivity contribution in [1.29, 1.82) is 0 Å². The predicted octanol–water partition coefficient (Wildman–Crippen LogP) is 1.23. The highest BCUT2D eigenvalue weighted by Crippen LogP contribution is 2.12. The van der Waals surface area contributed by atoms with Crippen LogP contribution >= 0.6 is 0 Å². The summed E-state index contributed by atoms with van der Waals surface area (Å²) in [5, 5.41) is 16.9. The summed E-state index contributed by atoms with van der Waals surface area (Å²) in [4.78, 5) is 12.2. The normalized spacial score (nSPS) is 13.4. The van der Waals surface area contributed by atoms with Crippen molar-refractivity contribution >= 4 is 22.5 Å². The molecule has 0 aliphatic heterocycles. The van der Waals surface area contributed by atoms with Crippen LogP contribution in [0.25, 0.3) is 5.69 Å². The monoisotopic (exact) mass is 360 g/mol. The van der Waals surface area contributed by atoms with Crippen molar-refractivity contribution in [1.82, 2.24) is 25.4 Å². The number of hydrogen-bond donors (Lipinski definition) is 1. The zero-order chi connectivity index (χ0) is 17.8. The van der Waals surface area contributed by atoms with E-state index in [9.17, 15) is 9.00 Å².